The normalized spacial score (nSPS) is 11.8. The van der Waals surface area contributed by atoms with Crippen LogP contribution in [0.1, 0.15) is 19.4 Å². The van der Waals surface area contributed by atoms with E-state index in [1.807, 2.05) is 13.8 Å². The van der Waals surface area contributed by atoms with Gasteiger partial charge in [-0.25, -0.2) is 8.42 Å². The van der Waals surface area contributed by atoms with Gasteiger partial charge in [-0.1, -0.05) is 13.8 Å². The largest absolute Gasteiger partial charge is 0.508 e. The summed E-state index contributed by atoms with van der Waals surface area (Å²) >= 11 is 0. The van der Waals surface area contributed by atoms with Gasteiger partial charge in [0.2, 0.25) is 10.0 Å². The van der Waals surface area contributed by atoms with Gasteiger partial charge in [0.25, 0.3) is 0 Å². The summed E-state index contributed by atoms with van der Waals surface area (Å²) in [5, 5.41) is 9.31. The number of nitrogens with one attached hydrogen (secondary N) is 1. The van der Waals surface area contributed by atoms with Crippen LogP contribution in [-0.4, -0.2) is 19.3 Å². The monoisotopic (exact) mass is 243 g/mol. The summed E-state index contributed by atoms with van der Waals surface area (Å²) in [7, 11) is -3.30. The van der Waals surface area contributed by atoms with Crippen molar-refractivity contribution in [3.63, 3.8) is 0 Å². The van der Waals surface area contributed by atoms with Crippen molar-refractivity contribution >= 4 is 15.7 Å². The van der Waals surface area contributed by atoms with E-state index in [0.717, 1.165) is 0 Å². The highest BCUT2D eigenvalue weighted by Gasteiger charge is 2.13. The highest BCUT2D eigenvalue weighted by molar-refractivity contribution is 7.92. The zero-order chi connectivity index (χ0) is 12.3. The van der Waals surface area contributed by atoms with Crippen molar-refractivity contribution in [3.05, 3.63) is 23.8 Å². The van der Waals surface area contributed by atoms with Crippen LogP contribution >= 0.6 is 0 Å². The molecule has 1 aromatic carbocycles. The molecule has 0 aliphatic heterocycles. The molecule has 90 valence electrons. The van der Waals surface area contributed by atoms with Crippen molar-refractivity contribution in [1.82, 2.24) is 0 Å². The fraction of sp³-hybridized carbons (Fsp3) is 0.455. The van der Waals surface area contributed by atoms with Crippen LogP contribution in [0.5, 0.6) is 5.75 Å². The molecule has 0 spiro atoms. The van der Waals surface area contributed by atoms with Crippen LogP contribution in [-0.2, 0) is 10.0 Å². The summed E-state index contributed by atoms with van der Waals surface area (Å²) in [6, 6.07) is 4.62. The molecule has 2 N–H and O–H groups in total. The van der Waals surface area contributed by atoms with E-state index in [9.17, 15) is 13.5 Å². The average molecular weight is 243 g/mol. The van der Waals surface area contributed by atoms with Crippen LogP contribution in [0.25, 0.3) is 0 Å². The third-order valence-corrected chi connectivity index (χ3v) is 3.68. The van der Waals surface area contributed by atoms with Gasteiger partial charge >= 0.3 is 0 Å². The SMILES string of the molecule is Cc1cc(NS(=O)(=O)CC(C)C)ccc1O. The highest BCUT2D eigenvalue weighted by Crippen LogP contribution is 2.21. The van der Waals surface area contributed by atoms with Gasteiger partial charge in [0, 0.05) is 5.69 Å². The summed E-state index contributed by atoms with van der Waals surface area (Å²) in [5.41, 5.74) is 1.13. The van der Waals surface area contributed by atoms with Crippen molar-refractivity contribution in [2.75, 3.05) is 10.5 Å². The Kier molecular flexibility index (Phi) is 3.80. The molecule has 5 heteroatoms. The second-order valence-electron chi connectivity index (χ2n) is 4.28. The summed E-state index contributed by atoms with van der Waals surface area (Å²) in [6.07, 6.45) is 0. The van der Waals surface area contributed by atoms with E-state index < -0.39 is 10.0 Å². The number of phenols is 1. The van der Waals surface area contributed by atoms with Crippen molar-refractivity contribution in [3.8, 4) is 5.75 Å². The third kappa shape index (κ3) is 3.73. The van der Waals surface area contributed by atoms with Gasteiger partial charge in [-0.05, 0) is 36.6 Å². The van der Waals surface area contributed by atoms with E-state index in [0.29, 0.717) is 11.3 Å². The lowest BCUT2D eigenvalue weighted by Gasteiger charge is -2.10. The predicted octanol–water partition coefficient (Wildman–Crippen LogP) is 2.10. The molecule has 0 radical (unpaired) electrons. The molecule has 0 aromatic heterocycles. The van der Waals surface area contributed by atoms with Crippen LogP contribution in [0.4, 0.5) is 5.69 Å². The minimum Gasteiger partial charge on any atom is -0.508 e. The Hall–Kier alpha value is -1.23. The Bertz CT molecular complexity index is 466. The zero-order valence-electron chi connectivity index (χ0n) is 9.69. The molecule has 4 nitrogen and oxygen atoms in total. The lowest BCUT2D eigenvalue weighted by atomic mass is 10.2. The lowest BCUT2D eigenvalue weighted by molar-refractivity contribution is 0.471. The van der Waals surface area contributed by atoms with Gasteiger partial charge in [-0.3, -0.25) is 4.72 Å². The maximum atomic E-state index is 11.6. The fourth-order valence-corrected chi connectivity index (χ4v) is 2.83. The minimum absolute atomic E-state index is 0.0794. The molecule has 16 heavy (non-hydrogen) atoms. The van der Waals surface area contributed by atoms with Crippen LogP contribution < -0.4 is 4.72 Å². The van der Waals surface area contributed by atoms with E-state index in [1.54, 1.807) is 19.1 Å². The number of anilines is 1. The number of hydrogen-bond acceptors (Lipinski definition) is 3. The first-order chi connectivity index (χ1) is 7.30. The molecule has 0 heterocycles. The van der Waals surface area contributed by atoms with Gasteiger partial charge in [0.05, 0.1) is 5.75 Å². The van der Waals surface area contributed by atoms with E-state index in [1.165, 1.54) is 6.07 Å². The summed E-state index contributed by atoms with van der Waals surface area (Å²) in [6.45, 7) is 5.41. The van der Waals surface area contributed by atoms with Gasteiger partial charge in [-0.15, -0.1) is 0 Å². The van der Waals surface area contributed by atoms with Crippen molar-refractivity contribution in [2.45, 2.75) is 20.8 Å². The standard InChI is InChI=1S/C11H17NO3S/c1-8(2)7-16(14,15)12-10-4-5-11(13)9(3)6-10/h4-6,8,12-13H,7H2,1-3H3. The van der Waals surface area contributed by atoms with E-state index in [4.69, 9.17) is 0 Å². The van der Waals surface area contributed by atoms with Crippen LogP contribution in [0.15, 0.2) is 18.2 Å². The molecule has 0 amide bonds. The Morgan fingerprint density at radius 2 is 2.00 bits per heavy atom. The minimum atomic E-state index is -3.30. The average Bonchev–Trinajstić information content (AvgIpc) is 2.08. The molecular formula is C11H17NO3S. The first-order valence-corrected chi connectivity index (χ1v) is 6.75. The Labute approximate surface area is 96.4 Å². The topological polar surface area (TPSA) is 66.4 Å². The van der Waals surface area contributed by atoms with Gasteiger partial charge in [0.15, 0.2) is 0 Å². The molecule has 0 bridgehead atoms. The molecule has 0 saturated heterocycles. The smallest absolute Gasteiger partial charge is 0.232 e. The molecule has 1 aromatic rings. The lowest BCUT2D eigenvalue weighted by Crippen LogP contribution is -2.20. The number of rotatable bonds is 4. The zero-order valence-corrected chi connectivity index (χ0v) is 10.5. The molecular weight excluding hydrogens is 226 g/mol. The van der Waals surface area contributed by atoms with Crippen LogP contribution in [0, 0.1) is 12.8 Å². The third-order valence-electron chi connectivity index (χ3n) is 2.02. The maximum absolute atomic E-state index is 11.6. The predicted molar refractivity (Wildman–Crippen MR) is 65.1 cm³/mol. The van der Waals surface area contributed by atoms with Crippen molar-refractivity contribution in [2.24, 2.45) is 5.92 Å². The van der Waals surface area contributed by atoms with E-state index >= 15 is 0 Å². The Morgan fingerprint density at radius 3 is 2.50 bits per heavy atom. The molecule has 1 rings (SSSR count). The number of benzene rings is 1. The highest BCUT2D eigenvalue weighted by atomic mass is 32.2. The van der Waals surface area contributed by atoms with E-state index in [-0.39, 0.29) is 17.4 Å². The van der Waals surface area contributed by atoms with Crippen LogP contribution in [0.3, 0.4) is 0 Å². The summed E-state index contributed by atoms with van der Waals surface area (Å²) in [4.78, 5) is 0. The second-order valence-corrected chi connectivity index (χ2v) is 6.05. The number of phenolic OH excluding ortho intramolecular Hbond substituents is 1. The molecule has 0 unspecified atom stereocenters. The first kappa shape index (κ1) is 12.8. The van der Waals surface area contributed by atoms with Gasteiger partial charge < -0.3 is 5.11 Å². The summed E-state index contributed by atoms with van der Waals surface area (Å²) < 4.78 is 25.7. The number of aryl methyl sites for hydroxylation is 1. The molecule has 0 atom stereocenters. The summed E-state index contributed by atoms with van der Waals surface area (Å²) in [5.74, 6) is 0.329. The Morgan fingerprint density at radius 1 is 1.38 bits per heavy atom. The molecule has 0 aliphatic carbocycles. The maximum Gasteiger partial charge on any atom is 0.232 e. The number of hydrogen-bond donors (Lipinski definition) is 2. The van der Waals surface area contributed by atoms with Crippen molar-refractivity contribution in [1.29, 1.82) is 0 Å². The quantitative estimate of drug-likeness (QED) is 0.796. The molecule has 0 aliphatic rings. The second kappa shape index (κ2) is 4.74. The number of sulfonamides is 1. The first-order valence-electron chi connectivity index (χ1n) is 5.10. The fourth-order valence-electron chi connectivity index (χ4n) is 1.38. The molecule has 0 saturated carbocycles. The van der Waals surface area contributed by atoms with Crippen LogP contribution in [0.2, 0.25) is 0 Å². The van der Waals surface area contributed by atoms with Gasteiger partial charge in [-0.2, -0.15) is 0 Å². The molecule has 0 fully saturated rings. The van der Waals surface area contributed by atoms with E-state index in [2.05, 4.69) is 4.72 Å². The number of aromatic hydroxyl groups is 1. The van der Waals surface area contributed by atoms with Crippen molar-refractivity contribution < 1.29 is 13.5 Å². The van der Waals surface area contributed by atoms with Gasteiger partial charge in [0.1, 0.15) is 5.75 Å². The Balaban J connectivity index is 2.84.